The van der Waals surface area contributed by atoms with E-state index in [9.17, 15) is 14.4 Å². The van der Waals surface area contributed by atoms with Crippen LogP contribution < -0.4 is 0 Å². The largest absolute Gasteiger partial charge is 0.462 e. The van der Waals surface area contributed by atoms with Gasteiger partial charge in [-0.25, -0.2) is 0 Å². The summed E-state index contributed by atoms with van der Waals surface area (Å²) in [5.41, 5.74) is 0. The Morgan fingerprint density at radius 2 is 0.520 bits per heavy atom. The molecule has 6 nitrogen and oxygen atoms in total. The third-order valence-corrected chi connectivity index (χ3v) is 14.5. The number of hydrogen-bond acceptors (Lipinski definition) is 6. The zero-order valence-corrected chi connectivity index (χ0v) is 50.1. The van der Waals surface area contributed by atoms with Gasteiger partial charge in [0.05, 0.1) is 0 Å². The molecule has 0 aliphatic heterocycles. The molecule has 6 heteroatoms. The SMILES string of the molecule is CC/C=C\C/C=C\C/C=C\C/C=C\C/C=C\CCCCCCCCCC(=O)OCC(COC(=O)CCCCCCCCCCCCCCC)OC(=O)CCCCCCCCCCCCCCCCCCCCCCC. The highest BCUT2D eigenvalue weighted by atomic mass is 16.6. The fourth-order valence-electron chi connectivity index (χ4n) is 9.65. The fraction of sp³-hybridized carbons (Fsp3) is 0.812. The molecule has 0 amide bonds. The molecular formula is C69H124O6. The summed E-state index contributed by atoms with van der Waals surface area (Å²) >= 11 is 0. The van der Waals surface area contributed by atoms with Gasteiger partial charge in [0, 0.05) is 19.3 Å². The minimum absolute atomic E-state index is 0.0727. The molecule has 0 aromatic heterocycles. The van der Waals surface area contributed by atoms with Crippen molar-refractivity contribution < 1.29 is 28.6 Å². The zero-order chi connectivity index (χ0) is 54.3. The highest BCUT2D eigenvalue weighted by Crippen LogP contribution is 2.18. The highest BCUT2D eigenvalue weighted by Gasteiger charge is 2.19. The topological polar surface area (TPSA) is 78.9 Å². The van der Waals surface area contributed by atoms with Gasteiger partial charge in [-0.05, 0) is 64.2 Å². The number of allylic oxidation sites excluding steroid dienone is 10. The lowest BCUT2D eigenvalue weighted by atomic mass is 10.0. The van der Waals surface area contributed by atoms with Crippen LogP contribution in [0.1, 0.15) is 342 Å². The lowest BCUT2D eigenvalue weighted by Crippen LogP contribution is -2.30. The molecule has 436 valence electrons. The van der Waals surface area contributed by atoms with E-state index >= 15 is 0 Å². The summed E-state index contributed by atoms with van der Waals surface area (Å²) in [5.74, 6) is -0.862. The summed E-state index contributed by atoms with van der Waals surface area (Å²) in [5, 5.41) is 0. The van der Waals surface area contributed by atoms with E-state index in [1.807, 2.05) is 0 Å². The van der Waals surface area contributed by atoms with Gasteiger partial charge >= 0.3 is 17.9 Å². The molecule has 75 heavy (non-hydrogen) atoms. The minimum atomic E-state index is -0.776. The maximum absolute atomic E-state index is 12.9. The number of hydrogen-bond donors (Lipinski definition) is 0. The first-order valence-corrected chi connectivity index (χ1v) is 32.8. The van der Waals surface area contributed by atoms with E-state index in [1.165, 1.54) is 205 Å². The monoisotopic (exact) mass is 1050 g/mol. The van der Waals surface area contributed by atoms with Gasteiger partial charge in [0.1, 0.15) is 13.2 Å². The maximum atomic E-state index is 12.9. The standard InChI is InChI=1S/C69H124O6/c1-4-7-10-13-16-19-22-25-27-29-31-33-34-36-37-39-41-44-47-50-53-56-59-62-68(71)74-65-66(64-73-67(70)61-58-55-52-49-46-43-24-21-18-15-12-9-6-3)75-69(72)63-60-57-54-51-48-45-42-40-38-35-32-30-28-26-23-20-17-14-11-8-5-2/h7,10,16,19,25,27,31,33,36-37,66H,4-6,8-9,11-15,17-18,20-24,26,28-30,32,34-35,38-65H2,1-3H3/b10-7-,19-16-,27-25-,33-31-,37-36-. The van der Waals surface area contributed by atoms with Crippen molar-refractivity contribution in [1.29, 1.82) is 0 Å². The van der Waals surface area contributed by atoms with Crippen LogP contribution in [0.3, 0.4) is 0 Å². The Balaban J connectivity index is 4.31. The molecule has 1 atom stereocenters. The molecular weight excluding hydrogens is 925 g/mol. The van der Waals surface area contributed by atoms with Crippen LogP contribution in [0.2, 0.25) is 0 Å². The fourth-order valence-corrected chi connectivity index (χ4v) is 9.65. The Morgan fingerprint density at radius 3 is 0.813 bits per heavy atom. The number of rotatable bonds is 60. The number of carbonyl (C=O) groups is 3. The molecule has 0 bridgehead atoms. The summed E-state index contributed by atoms with van der Waals surface area (Å²) in [6, 6.07) is 0. The van der Waals surface area contributed by atoms with Crippen LogP contribution in [0.25, 0.3) is 0 Å². The van der Waals surface area contributed by atoms with E-state index in [-0.39, 0.29) is 31.1 Å². The van der Waals surface area contributed by atoms with Gasteiger partial charge < -0.3 is 14.2 Å². The van der Waals surface area contributed by atoms with Crippen molar-refractivity contribution in [3.05, 3.63) is 60.8 Å². The van der Waals surface area contributed by atoms with Gasteiger partial charge in [0.25, 0.3) is 0 Å². The van der Waals surface area contributed by atoms with Crippen LogP contribution in [0.15, 0.2) is 60.8 Å². The molecule has 0 aliphatic rings. The Kier molecular flexibility index (Phi) is 61.2. The third-order valence-electron chi connectivity index (χ3n) is 14.5. The van der Waals surface area contributed by atoms with Gasteiger partial charge in [0.2, 0.25) is 0 Å². The molecule has 0 N–H and O–H groups in total. The van der Waals surface area contributed by atoms with Gasteiger partial charge in [-0.2, -0.15) is 0 Å². The van der Waals surface area contributed by atoms with Gasteiger partial charge in [-0.1, -0.05) is 319 Å². The van der Waals surface area contributed by atoms with E-state index in [0.29, 0.717) is 19.3 Å². The van der Waals surface area contributed by atoms with Crippen LogP contribution in [0.5, 0.6) is 0 Å². The van der Waals surface area contributed by atoms with Crippen LogP contribution in [0, 0.1) is 0 Å². The minimum Gasteiger partial charge on any atom is -0.462 e. The van der Waals surface area contributed by atoms with Crippen molar-refractivity contribution in [3.8, 4) is 0 Å². The number of carbonyl (C=O) groups excluding carboxylic acids is 3. The van der Waals surface area contributed by atoms with Crippen molar-refractivity contribution in [2.45, 2.75) is 348 Å². The first-order valence-electron chi connectivity index (χ1n) is 32.8. The normalized spacial score (nSPS) is 12.4. The maximum Gasteiger partial charge on any atom is 0.306 e. The van der Waals surface area contributed by atoms with Crippen molar-refractivity contribution in [1.82, 2.24) is 0 Å². The number of unbranched alkanes of at least 4 members (excludes halogenated alkanes) is 39. The second kappa shape index (κ2) is 63.6. The lowest BCUT2D eigenvalue weighted by molar-refractivity contribution is -0.167. The Labute approximate surface area is 466 Å². The quantitative estimate of drug-likeness (QED) is 0.0261. The second-order valence-corrected chi connectivity index (χ2v) is 22.0. The summed E-state index contributed by atoms with van der Waals surface area (Å²) in [6.07, 6.45) is 80.8. The Bertz CT molecular complexity index is 1340. The van der Waals surface area contributed by atoms with E-state index in [0.717, 1.165) is 96.3 Å². The smallest absolute Gasteiger partial charge is 0.306 e. The summed E-state index contributed by atoms with van der Waals surface area (Å²) in [6.45, 7) is 6.57. The summed E-state index contributed by atoms with van der Waals surface area (Å²) < 4.78 is 16.9. The Morgan fingerprint density at radius 1 is 0.280 bits per heavy atom. The predicted octanol–water partition coefficient (Wildman–Crippen LogP) is 22.3. The van der Waals surface area contributed by atoms with Gasteiger partial charge in [0.15, 0.2) is 6.10 Å². The average Bonchev–Trinajstić information content (AvgIpc) is 3.41. The molecule has 1 unspecified atom stereocenters. The van der Waals surface area contributed by atoms with E-state index in [4.69, 9.17) is 14.2 Å². The van der Waals surface area contributed by atoms with Crippen molar-refractivity contribution in [2.75, 3.05) is 13.2 Å². The lowest BCUT2D eigenvalue weighted by Gasteiger charge is -2.18. The first-order chi connectivity index (χ1) is 37.0. The zero-order valence-electron chi connectivity index (χ0n) is 50.1. The molecule has 0 heterocycles. The van der Waals surface area contributed by atoms with E-state index in [1.54, 1.807) is 0 Å². The highest BCUT2D eigenvalue weighted by molar-refractivity contribution is 5.71. The molecule has 0 spiro atoms. The molecule has 0 aromatic rings. The van der Waals surface area contributed by atoms with Crippen molar-refractivity contribution >= 4 is 17.9 Å². The molecule has 0 saturated heterocycles. The average molecular weight is 1050 g/mol. The molecule has 0 radical (unpaired) electrons. The predicted molar refractivity (Wildman–Crippen MR) is 325 cm³/mol. The van der Waals surface area contributed by atoms with Gasteiger partial charge in [-0.15, -0.1) is 0 Å². The number of ether oxygens (including phenoxy) is 3. The molecule has 0 fully saturated rings. The van der Waals surface area contributed by atoms with Crippen molar-refractivity contribution in [3.63, 3.8) is 0 Å². The summed E-state index contributed by atoms with van der Waals surface area (Å²) in [4.78, 5) is 38.3. The van der Waals surface area contributed by atoms with Crippen LogP contribution in [0.4, 0.5) is 0 Å². The third kappa shape index (κ3) is 61.8. The van der Waals surface area contributed by atoms with E-state index < -0.39 is 6.10 Å². The van der Waals surface area contributed by atoms with Crippen LogP contribution in [-0.2, 0) is 28.6 Å². The van der Waals surface area contributed by atoms with Crippen LogP contribution in [-0.4, -0.2) is 37.2 Å². The Hall–Kier alpha value is -2.89. The van der Waals surface area contributed by atoms with Crippen molar-refractivity contribution in [2.24, 2.45) is 0 Å². The molecule has 0 aliphatic carbocycles. The van der Waals surface area contributed by atoms with E-state index in [2.05, 4.69) is 81.5 Å². The summed E-state index contributed by atoms with van der Waals surface area (Å²) in [7, 11) is 0. The molecule has 0 saturated carbocycles. The second-order valence-electron chi connectivity index (χ2n) is 22.0. The van der Waals surface area contributed by atoms with Crippen LogP contribution >= 0.6 is 0 Å². The molecule has 0 rings (SSSR count). The van der Waals surface area contributed by atoms with Gasteiger partial charge in [-0.3, -0.25) is 14.4 Å². The first kappa shape index (κ1) is 72.1. The molecule has 0 aromatic carbocycles. The number of esters is 3.